The van der Waals surface area contributed by atoms with Crippen molar-refractivity contribution >= 4 is 11.6 Å². The van der Waals surface area contributed by atoms with Crippen molar-refractivity contribution < 1.29 is 4.74 Å². The Morgan fingerprint density at radius 1 is 1.38 bits per heavy atom. The summed E-state index contributed by atoms with van der Waals surface area (Å²) in [6.45, 7) is 5.39. The SMILES string of the molecule is CCn1nc(C)cc1CC(COc1ccc(Cl)cc1)NN. The van der Waals surface area contributed by atoms with Gasteiger partial charge in [0.15, 0.2) is 0 Å². The Morgan fingerprint density at radius 3 is 2.71 bits per heavy atom. The van der Waals surface area contributed by atoms with Crippen LogP contribution in [0.1, 0.15) is 18.3 Å². The normalized spacial score (nSPS) is 12.4. The highest BCUT2D eigenvalue weighted by molar-refractivity contribution is 6.30. The van der Waals surface area contributed by atoms with Gasteiger partial charge in [-0.05, 0) is 44.2 Å². The molecule has 0 aliphatic carbocycles. The predicted octanol–water partition coefficient (Wildman–Crippen LogP) is 2.32. The molecule has 0 aliphatic heterocycles. The molecule has 1 aromatic carbocycles. The summed E-state index contributed by atoms with van der Waals surface area (Å²) in [6, 6.07) is 9.39. The molecule has 2 rings (SSSR count). The Hall–Kier alpha value is -1.56. The van der Waals surface area contributed by atoms with E-state index < -0.39 is 0 Å². The molecule has 0 aliphatic rings. The molecule has 0 bridgehead atoms. The Balaban J connectivity index is 1.95. The molecule has 5 nitrogen and oxygen atoms in total. The molecule has 0 amide bonds. The van der Waals surface area contributed by atoms with Crippen LogP contribution >= 0.6 is 11.6 Å². The van der Waals surface area contributed by atoms with Crippen LogP contribution in [0.3, 0.4) is 0 Å². The number of rotatable bonds is 7. The average Bonchev–Trinajstić information content (AvgIpc) is 2.85. The average molecular weight is 309 g/mol. The van der Waals surface area contributed by atoms with Crippen molar-refractivity contribution in [1.82, 2.24) is 15.2 Å². The summed E-state index contributed by atoms with van der Waals surface area (Å²) in [5, 5.41) is 5.13. The molecule has 6 heteroatoms. The molecule has 1 heterocycles. The van der Waals surface area contributed by atoms with Crippen molar-refractivity contribution in [3.63, 3.8) is 0 Å². The van der Waals surface area contributed by atoms with Crippen molar-refractivity contribution in [1.29, 1.82) is 0 Å². The van der Waals surface area contributed by atoms with Gasteiger partial charge < -0.3 is 4.74 Å². The van der Waals surface area contributed by atoms with Crippen LogP contribution in [-0.4, -0.2) is 22.4 Å². The molecule has 0 fully saturated rings. The van der Waals surface area contributed by atoms with Crippen molar-refractivity contribution in [2.75, 3.05) is 6.61 Å². The van der Waals surface area contributed by atoms with E-state index in [1.54, 1.807) is 12.1 Å². The lowest BCUT2D eigenvalue weighted by atomic mass is 10.1. The molecular formula is C15H21ClN4O. The molecule has 2 aromatic rings. The first-order chi connectivity index (χ1) is 10.1. The van der Waals surface area contributed by atoms with E-state index in [1.807, 2.05) is 23.7 Å². The van der Waals surface area contributed by atoms with Gasteiger partial charge in [-0.3, -0.25) is 16.0 Å². The lowest BCUT2D eigenvalue weighted by Gasteiger charge is -2.17. The zero-order valence-corrected chi connectivity index (χ0v) is 13.1. The number of hydrogen-bond acceptors (Lipinski definition) is 4. The van der Waals surface area contributed by atoms with Crippen molar-refractivity contribution in [2.45, 2.75) is 32.9 Å². The Kier molecular flexibility index (Phi) is 5.61. The maximum atomic E-state index is 5.85. The third-order valence-corrected chi connectivity index (χ3v) is 3.49. The van der Waals surface area contributed by atoms with E-state index in [9.17, 15) is 0 Å². The minimum absolute atomic E-state index is 0.0158. The third kappa shape index (κ3) is 4.46. The summed E-state index contributed by atoms with van der Waals surface area (Å²) in [5.41, 5.74) is 4.97. The molecule has 3 N–H and O–H groups in total. The van der Waals surface area contributed by atoms with E-state index in [1.165, 1.54) is 0 Å². The summed E-state index contributed by atoms with van der Waals surface area (Å²) in [7, 11) is 0. The fourth-order valence-electron chi connectivity index (χ4n) is 2.18. The van der Waals surface area contributed by atoms with Crippen LogP contribution in [0.4, 0.5) is 0 Å². The zero-order chi connectivity index (χ0) is 15.2. The predicted molar refractivity (Wildman–Crippen MR) is 84.4 cm³/mol. The van der Waals surface area contributed by atoms with Crippen molar-refractivity contribution in [3.05, 3.63) is 46.7 Å². The highest BCUT2D eigenvalue weighted by Gasteiger charge is 2.13. The molecule has 114 valence electrons. The molecule has 0 saturated carbocycles. The van der Waals surface area contributed by atoms with Crippen LogP contribution in [0.15, 0.2) is 30.3 Å². The van der Waals surface area contributed by atoms with Crippen molar-refractivity contribution in [2.24, 2.45) is 5.84 Å². The summed E-state index contributed by atoms with van der Waals surface area (Å²) >= 11 is 5.85. The topological polar surface area (TPSA) is 65.1 Å². The molecule has 1 unspecified atom stereocenters. The summed E-state index contributed by atoms with van der Waals surface area (Å²) in [6.07, 6.45) is 0.763. The molecular weight excluding hydrogens is 288 g/mol. The van der Waals surface area contributed by atoms with Crippen LogP contribution in [0, 0.1) is 6.92 Å². The van der Waals surface area contributed by atoms with E-state index in [4.69, 9.17) is 22.2 Å². The molecule has 1 atom stereocenters. The largest absolute Gasteiger partial charge is 0.492 e. The van der Waals surface area contributed by atoms with E-state index in [2.05, 4.69) is 23.5 Å². The van der Waals surface area contributed by atoms with Gasteiger partial charge in [-0.1, -0.05) is 11.6 Å². The minimum atomic E-state index is 0.0158. The number of nitrogens with one attached hydrogen (secondary N) is 1. The van der Waals surface area contributed by atoms with Crippen LogP contribution in [0.25, 0.3) is 0 Å². The second-order valence-corrected chi connectivity index (χ2v) is 5.36. The zero-order valence-electron chi connectivity index (χ0n) is 12.3. The Labute approximate surface area is 130 Å². The van der Waals surface area contributed by atoms with E-state index in [0.717, 1.165) is 30.1 Å². The van der Waals surface area contributed by atoms with Crippen LogP contribution in [0.2, 0.25) is 5.02 Å². The fraction of sp³-hybridized carbons (Fsp3) is 0.400. The quantitative estimate of drug-likeness (QED) is 0.608. The van der Waals surface area contributed by atoms with Gasteiger partial charge in [-0.2, -0.15) is 5.10 Å². The smallest absolute Gasteiger partial charge is 0.119 e. The highest BCUT2D eigenvalue weighted by atomic mass is 35.5. The second kappa shape index (κ2) is 7.45. The second-order valence-electron chi connectivity index (χ2n) is 4.93. The monoisotopic (exact) mass is 308 g/mol. The number of nitrogens with zero attached hydrogens (tertiary/aromatic N) is 2. The lowest BCUT2D eigenvalue weighted by Crippen LogP contribution is -2.41. The van der Waals surface area contributed by atoms with E-state index >= 15 is 0 Å². The van der Waals surface area contributed by atoms with E-state index in [-0.39, 0.29) is 6.04 Å². The van der Waals surface area contributed by atoms with Crippen LogP contribution in [0.5, 0.6) is 5.75 Å². The number of benzene rings is 1. The standard InChI is InChI=1S/C15H21ClN4O/c1-3-20-14(8-11(2)19-20)9-13(18-17)10-21-15-6-4-12(16)5-7-15/h4-8,13,18H,3,9-10,17H2,1-2H3. The first kappa shape index (κ1) is 15.8. The Morgan fingerprint density at radius 2 is 2.10 bits per heavy atom. The van der Waals surface area contributed by atoms with Gasteiger partial charge in [0.1, 0.15) is 12.4 Å². The van der Waals surface area contributed by atoms with Gasteiger partial charge in [-0.15, -0.1) is 0 Å². The van der Waals surface area contributed by atoms with Gasteiger partial charge in [0.2, 0.25) is 0 Å². The lowest BCUT2D eigenvalue weighted by molar-refractivity contribution is 0.262. The van der Waals surface area contributed by atoms with Crippen LogP contribution < -0.4 is 16.0 Å². The number of aromatic nitrogens is 2. The Bertz CT molecular complexity index is 568. The van der Waals surface area contributed by atoms with Crippen molar-refractivity contribution in [3.8, 4) is 5.75 Å². The number of ether oxygens (including phenoxy) is 1. The minimum Gasteiger partial charge on any atom is -0.492 e. The molecule has 0 saturated heterocycles. The number of aryl methyl sites for hydroxylation is 2. The first-order valence-electron chi connectivity index (χ1n) is 7.00. The van der Waals surface area contributed by atoms with Gasteiger partial charge in [0, 0.05) is 23.7 Å². The summed E-state index contributed by atoms with van der Waals surface area (Å²) in [4.78, 5) is 0. The number of halogens is 1. The molecule has 1 aromatic heterocycles. The van der Waals surface area contributed by atoms with Gasteiger partial charge in [0.05, 0.1) is 11.7 Å². The fourth-order valence-corrected chi connectivity index (χ4v) is 2.31. The summed E-state index contributed by atoms with van der Waals surface area (Å²) in [5.74, 6) is 6.40. The number of hydrogen-bond donors (Lipinski definition) is 2. The molecule has 0 spiro atoms. The first-order valence-corrected chi connectivity index (χ1v) is 7.38. The maximum Gasteiger partial charge on any atom is 0.119 e. The molecule has 0 radical (unpaired) electrons. The van der Waals surface area contributed by atoms with Crippen LogP contribution in [-0.2, 0) is 13.0 Å². The summed E-state index contributed by atoms with van der Waals surface area (Å²) < 4.78 is 7.72. The van der Waals surface area contributed by atoms with Gasteiger partial charge >= 0.3 is 0 Å². The van der Waals surface area contributed by atoms with E-state index in [0.29, 0.717) is 11.6 Å². The molecule has 21 heavy (non-hydrogen) atoms. The van der Waals surface area contributed by atoms with Gasteiger partial charge in [0.25, 0.3) is 0 Å². The maximum absolute atomic E-state index is 5.85. The third-order valence-electron chi connectivity index (χ3n) is 3.24. The number of nitrogens with two attached hydrogens (primary N) is 1. The van der Waals surface area contributed by atoms with Gasteiger partial charge in [-0.25, -0.2) is 0 Å². The number of hydrazine groups is 1. The highest BCUT2D eigenvalue weighted by Crippen LogP contribution is 2.16.